The van der Waals surface area contributed by atoms with Gasteiger partial charge in [-0.2, -0.15) is 13.2 Å². The highest BCUT2D eigenvalue weighted by Crippen LogP contribution is 2.62. The number of Topliss-reactive ketones (excluding diaryl/α,β-unsaturated/α-hetero) is 1. The topological polar surface area (TPSA) is 206 Å². The molecule has 0 aromatic carbocycles. The summed E-state index contributed by atoms with van der Waals surface area (Å²) in [6.45, 7) is 19.7. The van der Waals surface area contributed by atoms with Gasteiger partial charge in [0.1, 0.15) is 18.1 Å². The minimum Gasteiger partial charge on any atom is -0.363 e. The molecule has 2 fully saturated rings. The normalized spacial score (nSPS) is 22.4. The first kappa shape index (κ1) is 42.5. The van der Waals surface area contributed by atoms with Crippen molar-refractivity contribution >= 4 is 35.4 Å². The molecule has 6 amide bonds. The number of alkyl halides is 3. The SMILES string of the molecule is C=C(C)[C@@H](CNC(=O)C(C)(C)N)NC(=O)N[C@H](C(=O)N1C[C@](C(C)C)(C2(C)CCC2)C[C@H]1C(=O)NC(CC(F)(F)F)C(=O)C(N)=O)C(C)(C)C. The van der Waals surface area contributed by atoms with Crippen LogP contribution in [0.2, 0.25) is 0 Å². The van der Waals surface area contributed by atoms with Crippen LogP contribution in [-0.4, -0.2) is 89.3 Å². The van der Waals surface area contributed by atoms with Crippen LogP contribution in [0.15, 0.2) is 12.2 Å². The van der Waals surface area contributed by atoms with Crippen LogP contribution in [0.3, 0.4) is 0 Å². The van der Waals surface area contributed by atoms with Crippen molar-refractivity contribution in [2.24, 2.45) is 33.6 Å². The molecule has 8 N–H and O–H groups in total. The third-order valence-corrected chi connectivity index (χ3v) is 10.4. The number of hydrogen-bond acceptors (Lipinski definition) is 7. The zero-order chi connectivity index (χ0) is 38.8. The van der Waals surface area contributed by atoms with Crippen LogP contribution in [0.25, 0.3) is 0 Å². The number of rotatable bonds is 14. The first-order chi connectivity index (χ1) is 22.6. The predicted molar refractivity (Wildman–Crippen MR) is 181 cm³/mol. The van der Waals surface area contributed by atoms with E-state index in [0.29, 0.717) is 5.57 Å². The molecule has 0 aromatic heterocycles. The van der Waals surface area contributed by atoms with Gasteiger partial charge < -0.3 is 37.6 Å². The van der Waals surface area contributed by atoms with E-state index in [4.69, 9.17) is 11.5 Å². The molecular formula is C34H56F3N7O6. The fourth-order valence-electron chi connectivity index (χ4n) is 6.95. The number of carbonyl (C=O) groups excluding carboxylic acids is 6. The number of hydrogen-bond donors (Lipinski definition) is 6. The first-order valence-corrected chi connectivity index (χ1v) is 16.9. The van der Waals surface area contributed by atoms with E-state index < -0.39 is 88.6 Å². The standard InChI is InChI=1S/C34H56F3N7O6/c1-18(2)21(16-40-28(49)31(8,9)39)42-29(50)43-24(30(5,6)7)27(48)44-17-33(19(3)4,32(10)12-11-13-32)15-22(44)26(47)41-20(14-34(35,36)37)23(45)25(38)46/h19-22,24H,1,11-17,39H2,2-10H3,(H2,38,46)(H,40,49)(H,41,47)(H2,42,43,50)/t20?,21-,22+,24-,33-/m1/s1. The Bertz CT molecular complexity index is 1350. The van der Waals surface area contributed by atoms with E-state index in [1.165, 1.54) is 18.7 Å². The highest BCUT2D eigenvalue weighted by molar-refractivity contribution is 6.37. The van der Waals surface area contributed by atoms with Gasteiger partial charge in [-0.05, 0) is 62.2 Å². The van der Waals surface area contributed by atoms with Crippen molar-refractivity contribution in [2.75, 3.05) is 13.1 Å². The molecule has 1 aliphatic heterocycles. The molecule has 284 valence electrons. The van der Waals surface area contributed by atoms with Gasteiger partial charge in [-0.15, -0.1) is 0 Å². The second kappa shape index (κ2) is 15.3. The average molecular weight is 716 g/mol. The molecule has 1 aliphatic carbocycles. The largest absolute Gasteiger partial charge is 0.391 e. The molecule has 0 spiro atoms. The molecule has 1 saturated carbocycles. The van der Waals surface area contributed by atoms with Crippen molar-refractivity contribution in [1.29, 1.82) is 0 Å². The van der Waals surface area contributed by atoms with Crippen LogP contribution < -0.4 is 32.7 Å². The van der Waals surface area contributed by atoms with Crippen molar-refractivity contribution in [1.82, 2.24) is 26.2 Å². The summed E-state index contributed by atoms with van der Waals surface area (Å²) in [5, 5.41) is 10.2. The fourth-order valence-corrected chi connectivity index (χ4v) is 6.95. The molecule has 13 nitrogen and oxygen atoms in total. The molecule has 50 heavy (non-hydrogen) atoms. The summed E-state index contributed by atoms with van der Waals surface area (Å²) in [7, 11) is 0. The molecular weight excluding hydrogens is 659 g/mol. The Labute approximate surface area is 292 Å². The quantitative estimate of drug-likeness (QED) is 0.117. The summed E-state index contributed by atoms with van der Waals surface area (Å²) in [4.78, 5) is 79.6. The van der Waals surface area contributed by atoms with E-state index in [9.17, 15) is 41.9 Å². The number of amides is 6. The minimum atomic E-state index is -4.92. The highest BCUT2D eigenvalue weighted by atomic mass is 19.4. The number of ketones is 1. The van der Waals surface area contributed by atoms with Gasteiger partial charge in [-0.3, -0.25) is 24.0 Å². The Morgan fingerprint density at radius 3 is 1.92 bits per heavy atom. The molecule has 2 rings (SSSR count). The van der Waals surface area contributed by atoms with E-state index in [-0.39, 0.29) is 30.8 Å². The molecule has 16 heteroatoms. The summed E-state index contributed by atoms with van der Waals surface area (Å²) in [6.07, 6.45) is -4.12. The summed E-state index contributed by atoms with van der Waals surface area (Å²) in [5.74, 6) is -5.48. The van der Waals surface area contributed by atoms with Crippen molar-refractivity contribution in [2.45, 2.75) is 130 Å². The van der Waals surface area contributed by atoms with Crippen LogP contribution in [0.4, 0.5) is 18.0 Å². The Balaban J connectivity index is 2.50. The van der Waals surface area contributed by atoms with Crippen LogP contribution >= 0.6 is 0 Å². The molecule has 1 saturated heterocycles. The smallest absolute Gasteiger partial charge is 0.363 e. The third kappa shape index (κ3) is 9.97. The van der Waals surface area contributed by atoms with Crippen molar-refractivity contribution in [3.05, 3.63) is 12.2 Å². The number of nitrogens with two attached hydrogens (primary N) is 2. The van der Waals surface area contributed by atoms with E-state index in [1.54, 1.807) is 27.7 Å². The van der Waals surface area contributed by atoms with Gasteiger partial charge in [-0.25, -0.2) is 4.79 Å². The zero-order valence-corrected chi connectivity index (χ0v) is 30.7. The van der Waals surface area contributed by atoms with Gasteiger partial charge in [0, 0.05) is 13.1 Å². The van der Waals surface area contributed by atoms with Crippen molar-refractivity contribution in [3.63, 3.8) is 0 Å². The van der Waals surface area contributed by atoms with Crippen LogP contribution in [-0.2, 0) is 24.0 Å². The predicted octanol–water partition coefficient (Wildman–Crippen LogP) is 2.42. The molecule has 0 aromatic rings. The number of carbonyl (C=O) groups is 6. The highest BCUT2D eigenvalue weighted by Gasteiger charge is 2.61. The second-order valence-corrected chi connectivity index (χ2v) is 16.3. The molecule has 5 atom stereocenters. The Morgan fingerprint density at radius 2 is 1.52 bits per heavy atom. The van der Waals surface area contributed by atoms with Gasteiger partial charge in [0.2, 0.25) is 23.5 Å². The lowest BCUT2D eigenvalue weighted by atomic mass is 9.49. The van der Waals surface area contributed by atoms with Crippen LogP contribution in [0.1, 0.15) is 94.4 Å². The second-order valence-electron chi connectivity index (χ2n) is 16.3. The Kier molecular flexibility index (Phi) is 13.0. The number of nitrogens with one attached hydrogen (secondary N) is 4. The number of halogens is 3. The van der Waals surface area contributed by atoms with Crippen LogP contribution in [0.5, 0.6) is 0 Å². The zero-order valence-electron chi connectivity index (χ0n) is 30.7. The average Bonchev–Trinajstić information content (AvgIpc) is 3.36. The summed E-state index contributed by atoms with van der Waals surface area (Å²) in [5.41, 5.74) is 8.31. The summed E-state index contributed by atoms with van der Waals surface area (Å²) >= 11 is 0. The number of likely N-dealkylation sites (tertiary alicyclic amines) is 1. The molecule has 2 aliphatic rings. The lowest BCUT2D eigenvalue weighted by Gasteiger charge is -2.55. The van der Waals surface area contributed by atoms with E-state index >= 15 is 0 Å². The van der Waals surface area contributed by atoms with E-state index in [2.05, 4.69) is 34.8 Å². The molecule has 1 heterocycles. The lowest BCUT2D eigenvalue weighted by molar-refractivity contribution is -0.154. The van der Waals surface area contributed by atoms with Gasteiger partial charge in [0.05, 0.1) is 18.0 Å². The maximum atomic E-state index is 14.6. The monoisotopic (exact) mass is 715 g/mol. The maximum Gasteiger partial charge on any atom is 0.391 e. The molecule has 0 bridgehead atoms. The van der Waals surface area contributed by atoms with Crippen molar-refractivity contribution in [3.8, 4) is 0 Å². The Morgan fingerprint density at radius 1 is 0.960 bits per heavy atom. The van der Waals surface area contributed by atoms with Gasteiger partial charge >= 0.3 is 12.2 Å². The van der Waals surface area contributed by atoms with Gasteiger partial charge in [0.15, 0.2) is 0 Å². The third-order valence-electron chi connectivity index (χ3n) is 10.4. The lowest BCUT2D eigenvalue weighted by Crippen LogP contribution is -2.61. The fraction of sp³-hybridized carbons (Fsp3) is 0.765. The number of nitrogens with zero attached hydrogens (tertiary/aromatic N) is 1. The molecule has 0 radical (unpaired) electrons. The van der Waals surface area contributed by atoms with Gasteiger partial charge in [0.25, 0.3) is 5.91 Å². The van der Waals surface area contributed by atoms with E-state index in [0.717, 1.165) is 19.3 Å². The maximum absolute atomic E-state index is 14.6. The summed E-state index contributed by atoms with van der Waals surface area (Å²) in [6, 6.07) is -6.37. The Hall–Kier alpha value is -3.69. The minimum absolute atomic E-state index is 0.0384. The van der Waals surface area contributed by atoms with Crippen LogP contribution in [0, 0.1) is 22.2 Å². The number of primary amides is 1. The molecule has 1 unspecified atom stereocenters. The van der Waals surface area contributed by atoms with E-state index in [1.807, 2.05) is 13.8 Å². The first-order valence-electron chi connectivity index (χ1n) is 16.9. The van der Waals surface area contributed by atoms with Gasteiger partial charge in [-0.1, -0.05) is 60.1 Å². The summed E-state index contributed by atoms with van der Waals surface area (Å²) < 4.78 is 40.3. The number of urea groups is 1. The van der Waals surface area contributed by atoms with Crippen molar-refractivity contribution < 1.29 is 41.9 Å².